The average Bonchev–Trinajstić information content (AvgIpc) is 3.01. The predicted molar refractivity (Wildman–Crippen MR) is 109 cm³/mol. The molecule has 8 atom stereocenters. The van der Waals surface area contributed by atoms with Crippen LogP contribution >= 0.6 is 0 Å². The van der Waals surface area contributed by atoms with Gasteiger partial charge in [0.1, 0.15) is 0 Å². The van der Waals surface area contributed by atoms with Crippen LogP contribution in [0.3, 0.4) is 0 Å². The number of aliphatic carboxylic acids is 1. The van der Waals surface area contributed by atoms with Crippen molar-refractivity contribution in [3.63, 3.8) is 0 Å². The smallest absolute Gasteiger partial charge is 0.391 e. The number of alkyl halides is 4. The Balaban J connectivity index is 0.000000589. The number of carboxylic acid groups (broad SMARTS) is 1. The molecule has 0 bridgehead atoms. The molecule has 2 nitrogen and oxygen atoms in total. The molecule has 0 saturated heterocycles. The van der Waals surface area contributed by atoms with Crippen molar-refractivity contribution >= 4 is 5.97 Å². The second-order valence-corrected chi connectivity index (χ2v) is 10.7. The van der Waals surface area contributed by atoms with Gasteiger partial charge in [-0.3, -0.25) is 9.18 Å². The zero-order chi connectivity index (χ0) is 22.1. The first-order valence-electron chi connectivity index (χ1n) is 11.9. The predicted octanol–water partition coefficient (Wildman–Crippen LogP) is 7.27. The SMILES string of the molecule is CC(=O)O.CC12CCC3C4CCC(C(F)(F)F)CC4CCC3C1CCC2CCCF. The Hall–Kier alpha value is -0.810. The first-order chi connectivity index (χ1) is 14.1. The molecule has 4 rings (SSSR count). The molecular formula is C24H38F4O2. The van der Waals surface area contributed by atoms with E-state index in [4.69, 9.17) is 9.90 Å². The molecule has 4 fully saturated rings. The number of carbonyl (C=O) groups is 1. The highest BCUT2D eigenvalue weighted by Gasteiger charge is 2.57. The highest BCUT2D eigenvalue weighted by Crippen LogP contribution is 2.65. The summed E-state index contributed by atoms with van der Waals surface area (Å²) in [6.07, 6.45) is 6.38. The molecule has 4 aliphatic carbocycles. The fourth-order valence-electron chi connectivity index (χ4n) is 8.06. The van der Waals surface area contributed by atoms with Crippen LogP contribution in [0.1, 0.15) is 84.5 Å². The Labute approximate surface area is 178 Å². The van der Waals surface area contributed by atoms with Crippen LogP contribution in [0.2, 0.25) is 0 Å². The van der Waals surface area contributed by atoms with Gasteiger partial charge in [0.25, 0.3) is 5.97 Å². The number of hydrogen-bond acceptors (Lipinski definition) is 1. The van der Waals surface area contributed by atoms with Crippen LogP contribution in [0.4, 0.5) is 17.6 Å². The molecule has 0 aliphatic heterocycles. The molecule has 0 amide bonds. The number of carboxylic acids is 1. The van der Waals surface area contributed by atoms with Crippen LogP contribution in [0.25, 0.3) is 0 Å². The molecule has 0 aromatic rings. The van der Waals surface area contributed by atoms with Crippen LogP contribution < -0.4 is 0 Å². The molecule has 0 radical (unpaired) electrons. The van der Waals surface area contributed by atoms with Crippen molar-refractivity contribution in [1.82, 2.24) is 0 Å². The van der Waals surface area contributed by atoms with Gasteiger partial charge < -0.3 is 5.11 Å². The molecule has 0 heterocycles. The maximum atomic E-state index is 13.2. The molecular weight excluding hydrogens is 396 g/mol. The van der Waals surface area contributed by atoms with Crippen LogP contribution in [0.5, 0.6) is 0 Å². The van der Waals surface area contributed by atoms with E-state index in [1.165, 1.54) is 25.7 Å². The number of hydrogen-bond donors (Lipinski definition) is 1. The molecule has 0 spiro atoms. The Morgan fingerprint density at radius 2 is 1.67 bits per heavy atom. The Morgan fingerprint density at radius 1 is 1.00 bits per heavy atom. The Morgan fingerprint density at radius 3 is 2.30 bits per heavy atom. The third-order valence-electron chi connectivity index (χ3n) is 9.30. The summed E-state index contributed by atoms with van der Waals surface area (Å²) < 4.78 is 52.2. The van der Waals surface area contributed by atoms with Gasteiger partial charge >= 0.3 is 6.18 Å². The Kier molecular flexibility index (Phi) is 7.44. The molecule has 6 heteroatoms. The summed E-state index contributed by atoms with van der Waals surface area (Å²) in [6.45, 7) is 3.34. The van der Waals surface area contributed by atoms with Crippen molar-refractivity contribution in [3.8, 4) is 0 Å². The molecule has 174 valence electrons. The second kappa shape index (κ2) is 9.36. The highest BCUT2D eigenvalue weighted by atomic mass is 19.4. The quantitative estimate of drug-likeness (QED) is 0.474. The van der Waals surface area contributed by atoms with Crippen LogP contribution in [-0.2, 0) is 4.79 Å². The molecule has 4 saturated carbocycles. The van der Waals surface area contributed by atoms with Crippen LogP contribution in [-0.4, -0.2) is 23.9 Å². The first kappa shape index (κ1) is 23.8. The van der Waals surface area contributed by atoms with E-state index in [0.717, 1.165) is 44.4 Å². The molecule has 0 aromatic heterocycles. The van der Waals surface area contributed by atoms with Gasteiger partial charge in [0.05, 0.1) is 12.6 Å². The zero-order valence-electron chi connectivity index (χ0n) is 18.4. The van der Waals surface area contributed by atoms with Gasteiger partial charge in [-0.05, 0) is 112 Å². The third kappa shape index (κ3) is 4.82. The first-order valence-corrected chi connectivity index (χ1v) is 11.9. The molecule has 0 aromatic carbocycles. The van der Waals surface area contributed by atoms with E-state index in [1.54, 1.807) is 0 Å². The van der Waals surface area contributed by atoms with Gasteiger partial charge in [0, 0.05) is 6.92 Å². The molecule has 4 aliphatic rings. The zero-order valence-corrected chi connectivity index (χ0v) is 18.4. The monoisotopic (exact) mass is 434 g/mol. The van der Waals surface area contributed by atoms with Gasteiger partial charge in [-0.1, -0.05) is 6.92 Å². The Bertz CT molecular complexity index is 588. The van der Waals surface area contributed by atoms with Crippen molar-refractivity contribution in [3.05, 3.63) is 0 Å². The maximum absolute atomic E-state index is 13.2. The summed E-state index contributed by atoms with van der Waals surface area (Å²) in [5.41, 5.74) is 0.367. The van der Waals surface area contributed by atoms with Gasteiger partial charge in [-0.25, -0.2) is 0 Å². The summed E-state index contributed by atoms with van der Waals surface area (Å²) in [7, 11) is 0. The lowest BCUT2D eigenvalue weighted by Crippen LogP contribution is -2.49. The summed E-state index contributed by atoms with van der Waals surface area (Å²) in [4.78, 5) is 9.00. The molecule has 1 N–H and O–H groups in total. The van der Waals surface area contributed by atoms with E-state index in [9.17, 15) is 17.6 Å². The average molecular weight is 435 g/mol. The molecule has 8 unspecified atom stereocenters. The van der Waals surface area contributed by atoms with Crippen molar-refractivity contribution in [2.45, 2.75) is 90.7 Å². The number of rotatable bonds is 3. The highest BCUT2D eigenvalue weighted by molar-refractivity contribution is 5.62. The lowest BCUT2D eigenvalue weighted by Gasteiger charge is -2.56. The van der Waals surface area contributed by atoms with Crippen molar-refractivity contribution in [1.29, 1.82) is 0 Å². The molecule has 30 heavy (non-hydrogen) atoms. The topological polar surface area (TPSA) is 37.3 Å². The lowest BCUT2D eigenvalue weighted by molar-refractivity contribution is -0.196. The van der Waals surface area contributed by atoms with Crippen LogP contribution in [0, 0.1) is 46.8 Å². The van der Waals surface area contributed by atoms with E-state index >= 15 is 0 Å². The summed E-state index contributed by atoms with van der Waals surface area (Å²) in [6, 6.07) is 0. The normalized spacial score (nSPS) is 42.9. The van der Waals surface area contributed by atoms with Gasteiger partial charge in [0.2, 0.25) is 0 Å². The van der Waals surface area contributed by atoms with Crippen molar-refractivity contribution < 1.29 is 27.5 Å². The third-order valence-corrected chi connectivity index (χ3v) is 9.30. The maximum Gasteiger partial charge on any atom is 0.391 e. The van der Waals surface area contributed by atoms with E-state index < -0.39 is 18.1 Å². The minimum Gasteiger partial charge on any atom is -0.481 e. The van der Waals surface area contributed by atoms with Gasteiger partial charge in [0.15, 0.2) is 0 Å². The largest absolute Gasteiger partial charge is 0.481 e. The summed E-state index contributed by atoms with van der Waals surface area (Å²) in [5, 5.41) is 7.42. The summed E-state index contributed by atoms with van der Waals surface area (Å²) >= 11 is 0. The number of fused-ring (bicyclic) bond motifs is 5. The fourth-order valence-corrected chi connectivity index (χ4v) is 8.06. The van der Waals surface area contributed by atoms with E-state index in [1.807, 2.05) is 0 Å². The van der Waals surface area contributed by atoms with Gasteiger partial charge in [-0.2, -0.15) is 13.2 Å². The van der Waals surface area contributed by atoms with Crippen LogP contribution in [0.15, 0.2) is 0 Å². The number of halogens is 4. The fraction of sp³-hybridized carbons (Fsp3) is 0.958. The van der Waals surface area contributed by atoms with E-state index in [2.05, 4.69) is 6.92 Å². The lowest BCUT2D eigenvalue weighted by atomic mass is 9.49. The second-order valence-electron chi connectivity index (χ2n) is 10.7. The minimum absolute atomic E-state index is 0.201. The minimum atomic E-state index is -4.00. The summed E-state index contributed by atoms with van der Waals surface area (Å²) in [5.74, 6) is 1.78. The van der Waals surface area contributed by atoms with E-state index in [0.29, 0.717) is 48.3 Å². The van der Waals surface area contributed by atoms with Crippen molar-refractivity contribution in [2.75, 3.05) is 6.67 Å². The standard InChI is InChI=1S/C22H34F4.C2H4O2/c1-21-11-10-18-17-8-5-16(22(24,25)26)13-14(17)4-7-19(18)20(21)9-6-15(21)3-2-12-23;1-2(3)4/h14-20H,2-13H2,1H3;1H3,(H,3,4). The van der Waals surface area contributed by atoms with Gasteiger partial charge in [-0.15, -0.1) is 0 Å². The van der Waals surface area contributed by atoms with E-state index in [-0.39, 0.29) is 6.67 Å². The van der Waals surface area contributed by atoms with Crippen molar-refractivity contribution in [2.24, 2.45) is 46.8 Å².